The minimum atomic E-state index is -0.0223. The predicted molar refractivity (Wildman–Crippen MR) is 78.0 cm³/mol. The van der Waals surface area contributed by atoms with E-state index in [1.807, 2.05) is 6.92 Å². The summed E-state index contributed by atoms with van der Waals surface area (Å²) >= 11 is 0. The van der Waals surface area contributed by atoms with Crippen molar-refractivity contribution in [3.63, 3.8) is 0 Å². The highest BCUT2D eigenvalue weighted by Crippen LogP contribution is 2.20. The summed E-state index contributed by atoms with van der Waals surface area (Å²) < 4.78 is 0. The minimum absolute atomic E-state index is 0.0223. The Bertz CT molecular complexity index is 564. The second kappa shape index (κ2) is 5.93. The Hall–Kier alpha value is -1.74. The number of hydrogen-bond donors (Lipinski definition) is 1. The van der Waals surface area contributed by atoms with Crippen LogP contribution in [0.5, 0.6) is 0 Å². The maximum Gasteiger partial charge on any atom is 0.0676 e. The van der Waals surface area contributed by atoms with E-state index in [4.69, 9.17) is 5.73 Å². The first-order chi connectivity index (χ1) is 9.10. The Balaban J connectivity index is 2.24. The highest BCUT2D eigenvalue weighted by Gasteiger charge is 2.13. The SMILES string of the molecule is CCc1nnc(C)cc1C(N)Cc1cccc(C)c1. The molecule has 0 bridgehead atoms. The van der Waals surface area contributed by atoms with Crippen LogP contribution in [0.3, 0.4) is 0 Å². The lowest BCUT2D eigenvalue weighted by Gasteiger charge is -2.15. The third-order valence-corrected chi connectivity index (χ3v) is 3.30. The molecule has 2 rings (SSSR count). The van der Waals surface area contributed by atoms with E-state index in [0.717, 1.165) is 29.8 Å². The molecule has 1 aromatic carbocycles. The molecule has 0 amide bonds. The Kier molecular flexibility index (Phi) is 4.27. The summed E-state index contributed by atoms with van der Waals surface area (Å²) in [7, 11) is 0. The quantitative estimate of drug-likeness (QED) is 0.914. The molecule has 0 fully saturated rings. The first-order valence-corrected chi connectivity index (χ1v) is 6.74. The molecule has 100 valence electrons. The van der Waals surface area contributed by atoms with E-state index in [1.165, 1.54) is 11.1 Å². The predicted octanol–water partition coefficient (Wildman–Crippen LogP) is 2.90. The monoisotopic (exact) mass is 255 g/mol. The smallest absolute Gasteiger partial charge is 0.0676 e. The Morgan fingerprint density at radius 1 is 1.16 bits per heavy atom. The van der Waals surface area contributed by atoms with Crippen molar-refractivity contribution in [2.75, 3.05) is 0 Å². The molecule has 0 saturated heterocycles. The normalized spacial score (nSPS) is 12.4. The lowest BCUT2D eigenvalue weighted by Crippen LogP contribution is -2.17. The zero-order valence-electron chi connectivity index (χ0n) is 11.9. The van der Waals surface area contributed by atoms with E-state index in [-0.39, 0.29) is 6.04 Å². The number of benzene rings is 1. The molecule has 0 saturated carbocycles. The second-order valence-corrected chi connectivity index (χ2v) is 5.04. The first-order valence-electron chi connectivity index (χ1n) is 6.74. The van der Waals surface area contributed by atoms with Gasteiger partial charge in [-0.2, -0.15) is 10.2 Å². The lowest BCUT2D eigenvalue weighted by atomic mass is 9.96. The van der Waals surface area contributed by atoms with Gasteiger partial charge in [0.25, 0.3) is 0 Å². The maximum atomic E-state index is 6.35. The standard InChI is InChI=1S/C16H21N3/c1-4-16-14(9-12(3)18-19-16)15(17)10-13-7-5-6-11(2)8-13/h5-9,15H,4,10,17H2,1-3H3. The summed E-state index contributed by atoms with van der Waals surface area (Å²) in [6.07, 6.45) is 1.70. The molecule has 1 aromatic heterocycles. The van der Waals surface area contributed by atoms with E-state index in [2.05, 4.69) is 54.4 Å². The van der Waals surface area contributed by atoms with Crippen molar-refractivity contribution in [2.45, 2.75) is 39.7 Å². The third-order valence-electron chi connectivity index (χ3n) is 3.30. The van der Waals surface area contributed by atoms with Gasteiger partial charge in [-0.25, -0.2) is 0 Å². The van der Waals surface area contributed by atoms with E-state index >= 15 is 0 Å². The van der Waals surface area contributed by atoms with Crippen molar-refractivity contribution < 1.29 is 0 Å². The maximum absolute atomic E-state index is 6.35. The van der Waals surface area contributed by atoms with Crippen molar-refractivity contribution in [3.05, 3.63) is 58.4 Å². The van der Waals surface area contributed by atoms with Gasteiger partial charge in [-0.1, -0.05) is 36.8 Å². The van der Waals surface area contributed by atoms with Gasteiger partial charge in [0.15, 0.2) is 0 Å². The van der Waals surface area contributed by atoms with Crippen LogP contribution >= 0.6 is 0 Å². The van der Waals surface area contributed by atoms with Gasteiger partial charge in [-0.3, -0.25) is 0 Å². The van der Waals surface area contributed by atoms with Gasteiger partial charge in [-0.05, 0) is 43.9 Å². The Labute approximate surface area is 114 Å². The topological polar surface area (TPSA) is 51.8 Å². The minimum Gasteiger partial charge on any atom is -0.324 e. The van der Waals surface area contributed by atoms with Crippen molar-refractivity contribution in [2.24, 2.45) is 5.73 Å². The van der Waals surface area contributed by atoms with E-state index < -0.39 is 0 Å². The summed E-state index contributed by atoms with van der Waals surface area (Å²) in [5.74, 6) is 0. The molecule has 0 radical (unpaired) electrons. The molecule has 1 heterocycles. The molecule has 19 heavy (non-hydrogen) atoms. The zero-order valence-corrected chi connectivity index (χ0v) is 11.9. The van der Waals surface area contributed by atoms with Gasteiger partial charge < -0.3 is 5.73 Å². The molecule has 0 spiro atoms. The number of aryl methyl sites for hydroxylation is 3. The third kappa shape index (κ3) is 3.38. The average Bonchev–Trinajstić information content (AvgIpc) is 2.38. The fraction of sp³-hybridized carbons (Fsp3) is 0.375. The van der Waals surface area contributed by atoms with Gasteiger partial charge in [0.2, 0.25) is 0 Å². The molecule has 0 aliphatic heterocycles. The molecule has 1 unspecified atom stereocenters. The number of hydrogen-bond acceptors (Lipinski definition) is 3. The molecule has 3 nitrogen and oxygen atoms in total. The van der Waals surface area contributed by atoms with Crippen molar-refractivity contribution in [3.8, 4) is 0 Å². The highest BCUT2D eigenvalue weighted by atomic mass is 15.1. The first kappa shape index (κ1) is 13.7. The molecule has 0 aliphatic carbocycles. The molecular formula is C16H21N3. The zero-order chi connectivity index (χ0) is 13.8. The van der Waals surface area contributed by atoms with Gasteiger partial charge in [-0.15, -0.1) is 0 Å². The number of rotatable bonds is 4. The van der Waals surface area contributed by atoms with Crippen LogP contribution in [0.25, 0.3) is 0 Å². The Morgan fingerprint density at radius 3 is 2.63 bits per heavy atom. The molecular weight excluding hydrogens is 234 g/mol. The number of nitrogens with two attached hydrogens (primary N) is 1. The van der Waals surface area contributed by atoms with Crippen LogP contribution in [0.15, 0.2) is 30.3 Å². The summed E-state index contributed by atoms with van der Waals surface area (Å²) in [6.45, 7) is 6.14. The summed E-state index contributed by atoms with van der Waals surface area (Å²) in [6, 6.07) is 10.5. The van der Waals surface area contributed by atoms with Crippen molar-refractivity contribution >= 4 is 0 Å². The molecule has 2 aromatic rings. The van der Waals surface area contributed by atoms with Crippen molar-refractivity contribution in [1.82, 2.24) is 10.2 Å². The van der Waals surface area contributed by atoms with Crippen LogP contribution in [0.1, 0.15) is 41.0 Å². The number of aromatic nitrogens is 2. The average molecular weight is 255 g/mol. The van der Waals surface area contributed by atoms with Crippen molar-refractivity contribution in [1.29, 1.82) is 0 Å². The van der Waals surface area contributed by atoms with Gasteiger partial charge in [0, 0.05) is 6.04 Å². The van der Waals surface area contributed by atoms with E-state index in [0.29, 0.717) is 0 Å². The number of nitrogens with zero attached hydrogens (tertiary/aromatic N) is 2. The summed E-state index contributed by atoms with van der Waals surface area (Å²) in [4.78, 5) is 0. The molecule has 0 aliphatic rings. The van der Waals surface area contributed by atoms with E-state index in [1.54, 1.807) is 0 Å². The molecule has 3 heteroatoms. The summed E-state index contributed by atoms with van der Waals surface area (Å²) in [5, 5.41) is 8.36. The van der Waals surface area contributed by atoms with Crippen LogP contribution < -0.4 is 5.73 Å². The van der Waals surface area contributed by atoms with Crippen LogP contribution in [0.4, 0.5) is 0 Å². The van der Waals surface area contributed by atoms with Crippen LogP contribution in [0.2, 0.25) is 0 Å². The fourth-order valence-corrected chi connectivity index (χ4v) is 2.33. The molecule has 1 atom stereocenters. The Morgan fingerprint density at radius 2 is 1.95 bits per heavy atom. The lowest BCUT2D eigenvalue weighted by molar-refractivity contribution is 0.691. The highest BCUT2D eigenvalue weighted by molar-refractivity contribution is 5.29. The van der Waals surface area contributed by atoms with E-state index in [9.17, 15) is 0 Å². The largest absolute Gasteiger partial charge is 0.324 e. The van der Waals surface area contributed by atoms with Crippen LogP contribution in [-0.2, 0) is 12.8 Å². The van der Waals surface area contributed by atoms with Crippen LogP contribution in [0, 0.1) is 13.8 Å². The summed E-state index contributed by atoms with van der Waals surface area (Å²) in [5.41, 5.74) is 11.9. The van der Waals surface area contributed by atoms with Crippen LogP contribution in [-0.4, -0.2) is 10.2 Å². The van der Waals surface area contributed by atoms with Gasteiger partial charge in [0.1, 0.15) is 0 Å². The fourth-order valence-electron chi connectivity index (χ4n) is 2.33. The van der Waals surface area contributed by atoms with Gasteiger partial charge >= 0.3 is 0 Å². The second-order valence-electron chi connectivity index (χ2n) is 5.04. The van der Waals surface area contributed by atoms with Gasteiger partial charge in [0.05, 0.1) is 11.4 Å². The molecule has 2 N–H and O–H groups in total.